The van der Waals surface area contributed by atoms with Gasteiger partial charge in [0, 0.05) is 38.3 Å². The molecule has 0 saturated heterocycles. The second-order valence-corrected chi connectivity index (χ2v) is 17.2. The van der Waals surface area contributed by atoms with E-state index >= 15 is 0 Å². The molecular weight excluding hydrogens is 490 g/mol. The summed E-state index contributed by atoms with van der Waals surface area (Å²) in [5.74, 6) is 1.63. The number of aromatic nitrogens is 2. The lowest BCUT2D eigenvalue weighted by Crippen LogP contribution is -2.42. The maximum atomic E-state index is 6.18. The number of aliphatic imine (C=N–C) groups is 1. The largest absolute Gasteiger partial charge is 0.361 e. The number of rotatable bonds is 8. The van der Waals surface area contributed by atoms with Crippen LogP contribution in [0.3, 0.4) is 0 Å². The van der Waals surface area contributed by atoms with E-state index < -0.39 is 8.07 Å². The Kier molecular flexibility index (Phi) is 7.15. The summed E-state index contributed by atoms with van der Waals surface area (Å²) in [5.41, 5.74) is 1.04. The fourth-order valence-corrected chi connectivity index (χ4v) is 6.19. The molecule has 2 aliphatic heterocycles. The van der Waals surface area contributed by atoms with Crippen molar-refractivity contribution in [1.29, 1.82) is 0 Å². The second-order valence-electron chi connectivity index (χ2n) is 9.66. The van der Waals surface area contributed by atoms with Crippen molar-refractivity contribution in [3.05, 3.63) is 39.2 Å². The standard InChI is InChI=1S/C22H32BrN5OSSi/c1-27-19-13-17(23)14-24-18(19)9-10-20(27)28(15-29-11-12-31(2,3)4)22-26-25-21(30-22)16-7-5-6-8-16/h9-10,13-14,16,19H,5-8,11-12,15H2,1-4H3. The van der Waals surface area contributed by atoms with Crippen molar-refractivity contribution in [3.8, 4) is 0 Å². The molecule has 3 aliphatic rings. The average molecular weight is 523 g/mol. The van der Waals surface area contributed by atoms with Crippen molar-refractivity contribution in [1.82, 2.24) is 15.1 Å². The smallest absolute Gasteiger partial charge is 0.215 e. The number of ether oxygens (including phenoxy) is 1. The lowest BCUT2D eigenvalue weighted by molar-refractivity contribution is 0.144. The minimum absolute atomic E-state index is 0.0890. The number of dihydropyridines is 1. The molecule has 1 saturated carbocycles. The molecule has 4 rings (SSSR count). The minimum Gasteiger partial charge on any atom is -0.361 e. The maximum absolute atomic E-state index is 6.18. The lowest BCUT2D eigenvalue weighted by Gasteiger charge is -2.38. The van der Waals surface area contributed by atoms with Gasteiger partial charge >= 0.3 is 0 Å². The van der Waals surface area contributed by atoms with Gasteiger partial charge in [0.1, 0.15) is 17.6 Å². The average Bonchev–Trinajstić information content (AvgIpc) is 3.40. The number of hydrogen-bond donors (Lipinski definition) is 0. The van der Waals surface area contributed by atoms with Crippen molar-refractivity contribution in [2.24, 2.45) is 4.99 Å². The number of halogens is 1. The highest BCUT2D eigenvalue weighted by atomic mass is 79.9. The summed E-state index contributed by atoms with van der Waals surface area (Å²) in [6, 6.07) is 1.24. The van der Waals surface area contributed by atoms with Crippen LogP contribution in [0.1, 0.15) is 36.6 Å². The monoisotopic (exact) mass is 521 g/mol. The third-order valence-electron chi connectivity index (χ3n) is 6.00. The fraction of sp³-hybridized carbons (Fsp3) is 0.591. The summed E-state index contributed by atoms with van der Waals surface area (Å²) < 4.78 is 7.18. The van der Waals surface area contributed by atoms with Crippen LogP contribution in [-0.4, -0.2) is 55.8 Å². The van der Waals surface area contributed by atoms with Gasteiger partial charge in [0.2, 0.25) is 5.13 Å². The van der Waals surface area contributed by atoms with Gasteiger partial charge < -0.3 is 9.64 Å². The van der Waals surface area contributed by atoms with E-state index in [0.29, 0.717) is 12.6 Å². The number of likely N-dealkylation sites (N-methyl/N-ethyl adjacent to an activating group) is 1. The number of nitrogens with zero attached hydrogens (tertiary/aromatic N) is 5. The predicted molar refractivity (Wildman–Crippen MR) is 136 cm³/mol. The molecule has 3 heterocycles. The zero-order chi connectivity index (χ0) is 22.0. The molecule has 9 heteroatoms. The normalized spacial score (nSPS) is 21.6. The lowest BCUT2D eigenvalue weighted by atomic mass is 10.1. The van der Waals surface area contributed by atoms with Crippen molar-refractivity contribution in [2.75, 3.05) is 25.3 Å². The van der Waals surface area contributed by atoms with E-state index in [1.165, 1.54) is 30.7 Å². The first-order chi connectivity index (χ1) is 14.8. The summed E-state index contributed by atoms with van der Waals surface area (Å²) in [5, 5.41) is 11.2. The van der Waals surface area contributed by atoms with E-state index in [4.69, 9.17) is 4.74 Å². The molecule has 168 valence electrons. The van der Waals surface area contributed by atoms with Gasteiger partial charge in [-0.2, -0.15) is 0 Å². The van der Waals surface area contributed by atoms with Gasteiger partial charge in [-0.15, -0.1) is 10.2 Å². The molecule has 0 radical (unpaired) electrons. The van der Waals surface area contributed by atoms with E-state index in [1.807, 2.05) is 6.21 Å². The van der Waals surface area contributed by atoms with Crippen LogP contribution in [0.2, 0.25) is 25.7 Å². The van der Waals surface area contributed by atoms with E-state index in [9.17, 15) is 0 Å². The third-order valence-corrected chi connectivity index (χ3v) is 9.28. The molecular formula is C22H32BrN5OSSi. The van der Waals surface area contributed by atoms with Gasteiger partial charge in [-0.25, -0.2) is 0 Å². The molecule has 0 amide bonds. The quantitative estimate of drug-likeness (QED) is 0.249. The van der Waals surface area contributed by atoms with Crippen LogP contribution in [-0.2, 0) is 4.74 Å². The Hall–Kier alpha value is -1.29. The second kappa shape index (κ2) is 9.68. The molecule has 1 unspecified atom stereocenters. The van der Waals surface area contributed by atoms with Crippen LogP contribution in [0.25, 0.3) is 0 Å². The van der Waals surface area contributed by atoms with Gasteiger partial charge in [-0.05, 0) is 53.0 Å². The Labute approximate surface area is 198 Å². The molecule has 0 bridgehead atoms. The summed E-state index contributed by atoms with van der Waals surface area (Å²) >= 11 is 5.29. The maximum Gasteiger partial charge on any atom is 0.215 e. The van der Waals surface area contributed by atoms with Gasteiger partial charge in [-0.1, -0.05) is 43.8 Å². The molecule has 0 N–H and O–H groups in total. The van der Waals surface area contributed by atoms with Crippen LogP contribution >= 0.6 is 27.3 Å². The zero-order valence-corrected chi connectivity index (χ0v) is 22.2. The first kappa shape index (κ1) is 22.9. The van der Waals surface area contributed by atoms with Crippen LogP contribution in [0.5, 0.6) is 0 Å². The third kappa shape index (κ3) is 5.56. The first-order valence-corrected chi connectivity index (χ1v) is 16.4. The van der Waals surface area contributed by atoms with E-state index in [0.717, 1.165) is 33.8 Å². The Morgan fingerprint density at radius 1 is 1.23 bits per heavy atom. The van der Waals surface area contributed by atoms with Crippen molar-refractivity contribution >= 4 is 46.7 Å². The molecule has 6 nitrogen and oxygen atoms in total. The Morgan fingerprint density at radius 2 is 2.00 bits per heavy atom. The fourth-order valence-electron chi connectivity index (χ4n) is 4.07. The molecule has 0 spiro atoms. The highest BCUT2D eigenvalue weighted by Gasteiger charge is 2.30. The molecule has 1 atom stereocenters. The van der Waals surface area contributed by atoms with Gasteiger partial charge in [0.15, 0.2) is 0 Å². The topological polar surface area (TPSA) is 53.9 Å². The number of fused-ring (bicyclic) bond motifs is 1. The Bertz CT molecular complexity index is 913. The summed E-state index contributed by atoms with van der Waals surface area (Å²) in [6.07, 6.45) is 13.3. The van der Waals surface area contributed by atoms with Crippen molar-refractivity contribution < 1.29 is 4.74 Å². The molecule has 1 fully saturated rings. The summed E-state index contributed by atoms with van der Waals surface area (Å²) in [7, 11) is 0.968. The highest BCUT2D eigenvalue weighted by Crippen LogP contribution is 2.39. The molecule has 1 aromatic rings. The highest BCUT2D eigenvalue weighted by molar-refractivity contribution is 9.12. The summed E-state index contributed by atoms with van der Waals surface area (Å²) in [4.78, 5) is 8.99. The molecule has 31 heavy (non-hydrogen) atoms. The van der Waals surface area contributed by atoms with E-state index in [1.54, 1.807) is 11.3 Å². The van der Waals surface area contributed by atoms with Gasteiger partial charge in [-0.3, -0.25) is 9.89 Å². The van der Waals surface area contributed by atoms with E-state index in [2.05, 4.69) is 85.8 Å². The van der Waals surface area contributed by atoms with Crippen LogP contribution in [0, 0.1) is 0 Å². The van der Waals surface area contributed by atoms with E-state index in [-0.39, 0.29) is 6.04 Å². The first-order valence-electron chi connectivity index (χ1n) is 11.1. The van der Waals surface area contributed by atoms with Gasteiger partial charge in [0.05, 0.1) is 11.7 Å². The number of hydrogen-bond acceptors (Lipinski definition) is 7. The van der Waals surface area contributed by atoms with Crippen molar-refractivity contribution in [2.45, 2.75) is 63.3 Å². The number of anilines is 1. The molecule has 0 aromatic carbocycles. The minimum atomic E-state index is -1.14. The van der Waals surface area contributed by atoms with Crippen LogP contribution in [0.15, 0.2) is 39.2 Å². The Morgan fingerprint density at radius 3 is 2.74 bits per heavy atom. The zero-order valence-electron chi connectivity index (χ0n) is 18.8. The Balaban J connectivity index is 1.57. The molecule has 1 aromatic heterocycles. The molecule has 1 aliphatic carbocycles. The summed E-state index contributed by atoms with van der Waals surface area (Å²) in [6.45, 7) is 8.39. The number of allylic oxidation sites excluding steroid dienone is 3. The SMILES string of the molecule is CN1C(N(COCC[Si](C)(C)C)c2nnc(C3CCCC3)s2)=CC=C2N=CC(Br)=CC21. The van der Waals surface area contributed by atoms with Crippen LogP contribution in [0.4, 0.5) is 5.13 Å². The predicted octanol–water partition coefficient (Wildman–Crippen LogP) is 5.72. The van der Waals surface area contributed by atoms with Crippen molar-refractivity contribution in [3.63, 3.8) is 0 Å². The van der Waals surface area contributed by atoms with Crippen LogP contribution < -0.4 is 4.90 Å². The van der Waals surface area contributed by atoms with Gasteiger partial charge in [0.25, 0.3) is 0 Å².